The SMILES string of the molecule is CN(C)c1nc(N)nc2c1ncn2[C@@H]1O[C@](CCl)(COP2(=O)Oc3ccccc3O2)[C@@H](O)[C@@H]1F. The fraction of sp³-hybridized carbons (Fsp3) is 0.421. The maximum Gasteiger partial charge on any atom is 0.587 e. The second-order valence-corrected chi connectivity index (χ2v) is 9.85. The summed E-state index contributed by atoms with van der Waals surface area (Å²) in [5.74, 6) is 0.463. The number of alkyl halides is 2. The minimum atomic E-state index is -4.08. The average Bonchev–Trinajstić information content (AvgIpc) is 3.45. The Morgan fingerprint density at radius 1 is 1.32 bits per heavy atom. The molecule has 2 aromatic heterocycles. The molecule has 12 nitrogen and oxygen atoms in total. The molecule has 4 atom stereocenters. The monoisotopic (exact) mass is 514 g/mol. The standard InChI is InChI=1S/C19H21ClFN6O6P/c1-26(2)15-13-16(25-18(22)24-15)27(9-23-13)17-12(21)14(28)19(7-20,31-17)8-30-34(29)32-10-5-3-4-6-11(10)33-34/h3-6,9,12,14,17,28H,7-8H2,1-2H3,(H2,22,24,25)/t12-,14-,17+,19+/m0/s1. The van der Waals surface area contributed by atoms with Gasteiger partial charge in [-0.25, -0.2) is 13.9 Å². The predicted octanol–water partition coefficient (Wildman–Crippen LogP) is 2.28. The van der Waals surface area contributed by atoms with Crippen molar-refractivity contribution in [2.24, 2.45) is 0 Å². The second kappa shape index (κ2) is 8.21. The summed E-state index contributed by atoms with van der Waals surface area (Å²) >= 11 is 6.10. The van der Waals surface area contributed by atoms with Crippen LogP contribution >= 0.6 is 19.4 Å². The molecule has 2 aliphatic rings. The van der Waals surface area contributed by atoms with Crippen molar-refractivity contribution in [3.05, 3.63) is 30.6 Å². The number of aliphatic hydroxyl groups is 1. The third-order valence-corrected chi connectivity index (χ3v) is 7.29. The summed E-state index contributed by atoms with van der Waals surface area (Å²) in [6.45, 7) is -0.577. The molecular weight excluding hydrogens is 494 g/mol. The molecule has 1 aromatic carbocycles. The number of phosphoric acid groups is 1. The van der Waals surface area contributed by atoms with Gasteiger partial charge in [-0.15, -0.1) is 11.6 Å². The smallest absolute Gasteiger partial charge is 0.391 e. The summed E-state index contributed by atoms with van der Waals surface area (Å²) in [6.07, 6.45) is -3.77. The number of benzene rings is 1. The number of para-hydroxylation sites is 2. The zero-order valence-electron chi connectivity index (χ0n) is 18.0. The van der Waals surface area contributed by atoms with Crippen LogP contribution in [0.15, 0.2) is 30.6 Å². The van der Waals surface area contributed by atoms with E-state index in [1.54, 1.807) is 43.3 Å². The fourth-order valence-electron chi connectivity index (χ4n) is 3.82. The fourth-order valence-corrected chi connectivity index (χ4v) is 5.42. The van der Waals surface area contributed by atoms with Gasteiger partial charge in [0, 0.05) is 14.1 Å². The quantitative estimate of drug-likeness (QED) is 0.368. The Labute approximate surface area is 198 Å². The molecule has 0 aliphatic carbocycles. The first-order chi connectivity index (χ1) is 16.2. The van der Waals surface area contributed by atoms with Gasteiger partial charge in [0.05, 0.1) is 18.8 Å². The largest absolute Gasteiger partial charge is 0.587 e. The van der Waals surface area contributed by atoms with Crippen LogP contribution in [0.4, 0.5) is 16.2 Å². The van der Waals surface area contributed by atoms with Crippen molar-refractivity contribution in [2.75, 3.05) is 37.2 Å². The highest BCUT2D eigenvalue weighted by Gasteiger charge is 2.57. The van der Waals surface area contributed by atoms with Crippen LogP contribution in [-0.4, -0.2) is 69.1 Å². The predicted molar refractivity (Wildman–Crippen MR) is 120 cm³/mol. The molecule has 0 unspecified atom stereocenters. The summed E-state index contributed by atoms with van der Waals surface area (Å²) in [5, 5.41) is 10.7. The Morgan fingerprint density at radius 2 is 2.00 bits per heavy atom. The molecule has 0 saturated carbocycles. The number of nitrogens with two attached hydrogens (primary N) is 1. The van der Waals surface area contributed by atoms with Gasteiger partial charge in [0.15, 0.2) is 40.9 Å². The van der Waals surface area contributed by atoms with Crippen LogP contribution in [0.1, 0.15) is 6.23 Å². The molecule has 182 valence electrons. The lowest BCUT2D eigenvalue weighted by molar-refractivity contribution is -0.110. The number of hydrogen-bond acceptors (Lipinski definition) is 11. The molecule has 0 bridgehead atoms. The highest BCUT2D eigenvalue weighted by atomic mass is 35.5. The van der Waals surface area contributed by atoms with E-state index in [2.05, 4.69) is 15.0 Å². The number of fused-ring (bicyclic) bond motifs is 2. The number of nitrogens with zero attached hydrogens (tertiary/aromatic N) is 5. The van der Waals surface area contributed by atoms with Crippen molar-refractivity contribution in [3.63, 3.8) is 0 Å². The molecule has 34 heavy (non-hydrogen) atoms. The molecule has 5 rings (SSSR count). The first kappa shape index (κ1) is 23.1. The van der Waals surface area contributed by atoms with Crippen molar-refractivity contribution < 1.29 is 32.4 Å². The Morgan fingerprint density at radius 3 is 2.62 bits per heavy atom. The molecule has 3 aromatic rings. The van der Waals surface area contributed by atoms with Gasteiger partial charge in [-0.05, 0) is 12.1 Å². The van der Waals surface area contributed by atoms with Gasteiger partial charge < -0.3 is 29.5 Å². The van der Waals surface area contributed by atoms with Gasteiger partial charge in [0.25, 0.3) is 0 Å². The molecule has 0 radical (unpaired) electrons. The van der Waals surface area contributed by atoms with E-state index in [9.17, 15) is 9.67 Å². The molecule has 0 amide bonds. The number of phosphoric ester groups is 1. The molecule has 15 heteroatoms. The topological polar surface area (TPSA) is 147 Å². The summed E-state index contributed by atoms with van der Waals surface area (Å²) in [6, 6.07) is 6.47. The Hall–Kier alpha value is -2.70. The normalized spacial score (nSPS) is 27.4. The van der Waals surface area contributed by atoms with Crippen LogP contribution in [0.25, 0.3) is 11.2 Å². The number of halogens is 2. The van der Waals surface area contributed by atoms with Gasteiger partial charge >= 0.3 is 7.82 Å². The number of aromatic nitrogens is 4. The molecule has 3 N–H and O–H groups in total. The van der Waals surface area contributed by atoms with E-state index >= 15 is 4.39 Å². The highest BCUT2D eigenvalue weighted by molar-refractivity contribution is 7.49. The van der Waals surface area contributed by atoms with Crippen LogP contribution < -0.4 is 19.7 Å². The van der Waals surface area contributed by atoms with Gasteiger partial charge in [-0.1, -0.05) is 12.1 Å². The summed E-state index contributed by atoms with van der Waals surface area (Å²) in [5.41, 5.74) is 4.61. The van der Waals surface area contributed by atoms with Crippen LogP contribution in [0.5, 0.6) is 11.5 Å². The third-order valence-electron chi connectivity index (χ3n) is 5.55. The molecule has 1 saturated heterocycles. The second-order valence-electron chi connectivity index (χ2n) is 8.07. The number of nitrogen functional groups attached to an aromatic ring is 1. The van der Waals surface area contributed by atoms with Gasteiger partial charge in [0.2, 0.25) is 5.95 Å². The van der Waals surface area contributed by atoms with Crippen molar-refractivity contribution in [2.45, 2.75) is 24.1 Å². The van der Waals surface area contributed by atoms with Gasteiger partial charge in [-0.3, -0.25) is 9.09 Å². The van der Waals surface area contributed by atoms with Crippen molar-refractivity contribution in [3.8, 4) is 11.5 Å². The first-order valence-corrected chi connectivity index (χ1v) is 12.1. The number of anilines is 2. The maximum atomic E-state index is 15.4. The molecular formula is C19H21ClFN6O6P. The Kier molecular flexibility index (Phi) is 5.57. The van der Waals surface area contributed by atoms with E-state index in [0.29, 0.717) is 11.3 Å². The molecule has 0 spiro atoms. The molecule has 1 fully saturated rings. The number of rotatable bonds is 6. The summed E-state index contributed by atoms with van der Waals surface area (Å²) < 4.78 is 51.4. The first-order valence-electron chi connectivity index (χ1n) is 10.1. The van der Waals surface area contributed by atoms with E-state index in [0.717, 1.165) is 0 Å². The lowest BCUT2D eigenvalue weighted by Gasteiger charge is -2.29. The summed E-state index contributed by atoms with van der Waals surface area (Å²) in [4.78, 5) is 14.3. The molecule has 4 heterocycles. The van der Waals surface area contributed by atoms with E-state index in [-0.39, 0.29) is 29.0 Å². The third kappa shape index (κ3) is 3.64. The minimum absolute atomic E-state index is 0.0490. The number of hydrogen-bond donors (Lipinski definition) is 2. The number of imidazole rings is 1. The number of ether oxygens (including phenoxy) is 1. The van der Waals surface area contributed by atoms with E-state index in [1.807, 2.05) is 0 Å². The van der Waals surface area contributed by atoms with Gasteiger partial charge in [-0.2, -0.15) is 9.97 Å². The average molecular weight is 515 g/mol. The van der Waals surface area contributed by atoms with Crippen molar-refractivity contribution >= 4 is 42.4 Å². The maximum absolute atomic E-state index is 15.4. The molecule has 2 aliphatic heterocycles. The van der Waals surface area contributed by atoms with Gasteiger partial charge in [0.1, 0.15) is 11.7 Å². The highest BCUT2D eigenvalue weighted by Crippen LogP contribution is 2.59. The van der Waals surface area contributed by atoms with E-state index < -0.39 is 38.5 Å². The van der Waals surface area contributed by atoms with Crippen LogP contribution in [-0.2, 0) is 13.8 Å². The zero-order valence-corrected chi connectivity index (χ0v) is 19.7. The van der Waals surface area contributed by atoms with Crippen LogP contribution in [0.3, 0.4) is 0 Å². The van der Waals surface area contributed by atoms with Crippen molar-refractivity contribution in [1.29, 1.82) is 0 Å². The lowest BCUT2D eigenvalue weighted by Crippen LogP contribution is -2.47. The number of aliphatic hydroxyl groups excluding tert-OH is 1. The minimum Gasteiger partial charge on any atom is -0.391 e. The zero-order chi connectivity index (χ0) is 24.3. The van der Waals surface area contributed by atoms with Crippen LogP contribution in [0, 0.1) is 0 Å². The van der Waals surface area contributed by atoms with Crippen LogP contribution in [0.2, 0.25) is 0 Å². The Bertz CT molecular complexity index is 1270. The summed E-state index contributed by atoms with van der Waals surface area (Å²) in [7, 11) is -0.589. The lowest BCUT2D eigenvalue weighted by atomic mass is 9.99. The Balaban J connectivity index is 1.42. The van der Waals surface area contributed by atoms with E-state index in [1.165, 1.54) is 10.9 Å². The van der Waals surface area contributed by atoms with Crippen molar-refractivity contribution in [1.82, 2.24) is 19.5 Å². The van der Waals surface area contributed by atoms with E-state index in [4.69, 9.17) is 35.6 Å².